The molecule has 1 aliphatic carbocycles. The predicted octanol–water partition coefficient (Wildman–Crippen LogP) is 5.11. The first-order valence-electron chi connectivity index (χ1n) is 10.4. The van der Waals surface area contributed by atoms with Crippen molar-refractivity contribution >= 4 is 29.4 Å². The monoisotopic (exact) mass is 404 g/mol. The van der Waals surface area contributed by atoms with Crippen molar-refractivity contribution in [1.29, 1.82) is 0 Å². The lowest BCUT2D eigenvalue weighted by Crippen LogP contribution is -2.50. The summed E-state index contributed by atoms with van der Waals surface area (Å²) in [5.41, 5.74) is 2.88. The molecule has 0 bridgehead atoms. The van der Waals surface area contributed by atoms with Crippen LogP contribution in [0.3, 0.4) is 0 Å². The third kappa shape index (κ3) is 4.65. The van der Waals surface area contributed by atoms with Gasteiger partial charge in [-0.2, -0.15) is 0 Å². The van der Waals surface area contributed by atoms with Crippen LogP contribution in [0.15, 0.2) is 18.2 Å². The fraction of sp³-hybridized carbons (Fsp3) is 0.636. The van der Waals surface area contributed by atoms with Crippen molar-refractivity contribution in [2.45, 2.75) is 77.3 Å². The van der Waals surface area contributed by atoms with Crippen LogP contribution in [-0.2, 0) is 9.53 Å². The van der Waals surface area contributed by atoms with E-state index < -0.39 is 6.04 Å². The molecule has 1 aromatic carbocycles. The topological polar surface area (TPSA) is 58.6 Å². The molecule has 3 rings (SSSR count). The van der Waals surface area contributed by atoms with Gasteiger partial charge in [-0.1, -0.05) is 37.5 Å². The van der Waals surface area contributed by atoms with Crippen LogP contribution in [-0.4, -0.2) is 40.2 Å². The van der Waals surface area contributed by atoms with Crippen molar-refractivity contribution in [2.24, 2.45) is 5.92 Å². The zero-order chi connectivity index (χ0) is 20.3. The second-order valence-electron chi connectivity index (χ2n) is 8.23. The van der Waals surface area contributed by atoms with Crippen molar-refractivity contribution in [3.05, 3.63) is 29.3 Å². The molecule has 0 spiro atoms. The minimum atomic E-state index is -0.524. The van der Waals surface area contributed by atoms with Crippen LogP contribution in [0.5, 0.6) is 0 Å². The normalized spacial score (nSPS) is 23.1. The fourth-order valence-corrected chi connectivity index (χ4v) is 5.87. The van der Waals surface area contributed by atoms with Gasteiger partial charge in [0.2, 0.25) is 0 Å². The lowest BCUT2D eigenvalue weighted by Gasteiger charge is -2.35. The Morgan fingerprint density at radius 3 is 2.39 bits per heavy atom. The number of hydrogen-bond donors (Lipinski definition) is 1. The Kier molecular flexibility index (Phi) is 6.91. The lowest BCUT2D eigenvalue weighted by atomic mass is 9.88. The molecular weight excluding hydrogens is 372 g/mol. The van der Waals surface area contributed by atoms with Crippen LogP contribution in [0.1, 0.15) is 57.1 Å². The molecule has 1 saturated heterocycles. The van der Waals surface area contributed by atoms with E-state index in [0.29, 0.717) is 11.7 Å². The summed E-state index contributed by atoms with van der Waals surface area (Å²) in [5, 5.41) is 3.13. The van der Waals surface area contributed by atoms with Crippen molar-refractivity contribution in [3.63, 3.8) is 0 Å². The molecule has 2 fully saturated rings. The highest BCUT2D eigenvalue weighted by Crippen LogP contribution is 2.41. The van der Waals surface area contributed by atoms with Crippen molar-refractivity contribution < 1.29 is 14.3 Å². The molecule has 154 valence electrons. The van der Waals surface area contributed by atoms with Gasteiger partial charge in [0.05, 0.1) is 11.5 Å². The molecule has 28 heavy (non-hydrogen) atoms. The number of hydrogen-bond acceptors (Lipinski definition) is 4. The van der Waals surface area contributed by atoms with Crippen molar-refractivity contribution in [3.8, 4) is 0 Å². The third-order valence-electron chi connectivity index (χ3n) is 5.66. The van der Waals surface area contributed by atoms with Crippen molar-refractivity contribution in [2.75, 3.05) is 11.1 Å². The van der Waals surface area contributed by atoms with E-state index in [4.69, 9.17) is 4.74 Å². The quantitative estimate of drug-likeness (QED) is 0.709. The fourth-order valence-electron chi connectivity index (χ4n) is 4.24. The van der Waals surface area contributed by atoms with Gasteiger partial charge in [-0.15, -0.1) is 11.8 Å². The molecule has 1 aromatic rings. The van der Waals surface area contributed by atoms with Gasteiger partial charge >= 0.3 is 12.0 Å². The predicted molar refractivity (Wildman–Crippen MR) is 115 cm³/mol. The first-order valence-corrected chi connectivity index (χ1v) is 11.4. The number of aryl methyl sites for hydroxylation is 2. The molecule has 1 N–H and O–H groups in total. The maximum atomic E-state index is 13.4. The molecule has 2 aliphatic rings. The Labute approximate surface area is 172 Å². The van der Waals surface area contributed by atoms with Crippen LogP contribution in [0.2, 0.25) is 0 Å². The van der Waals surface area contributed by atoms with Gasteiger partial charge in [0, 0.05) is 11.4 Å². The number of anilines is 1. The second kappa shape index (κ2) is 9.21. The minimum Gasteiger partial charge on any atom is -0.461 e. The number of ether oxygens (including phenoxy) is 1. The summed E-state index contributed by atoms with van der Waals surface area (Å²) in [5.74, 6) is 0.754. The van der Waals surface area contributed by atoms with Gasteiger partial charge in [-0.3, -0.25) is 4.90 Å². The van der Waals surface area contributed by atoms with Gasteiger partial charge in [-0.25, -0.2) is 9.59 Å². The number of rotatable bonds is 4. The molecule has 0 aromatic heterocycles. The maximum absolute atomic E-state index is 13.4. The van der Waals surface area contributed by atoms with Crippen LogP contribution < -0.4 is 5.32 Å². The maximum Gasteiger partial charge on any atom is 0.330 e. The second-order valence-corrected chi connectivity index (χ2v) is 9.38. The average molecular weight is 405 g/mol. The van der Waals surface area contributed by atoms with Crippen LogP contribution in [0, 0.1) is 19.8 Å². The molecule has 1 heterocycles. The number of carbonyl (C=O) groups is 2. The van der Waals surface area contributed by atoms with E-state index in [0.717, 1.165) is 29.7 Å². The average Bonchev–Trinajstić information content (AvgIpc) is 3.10. The summed E-state index contributed by atoms with van der Waals surface area (Å²) >= 11 is 1.73. The summed E-state index contributed by atoms with van der Waals surface area (Å²) in [6, 6.07) is 5.25. The smallest absolute Gasteiger partial charge is 0.330 e. The van der Waals surface area contributed by atoms with E-state index in [9.17, 15) is 9.59 Å². The van der Waals surface area contributed by atoms with E-state index in [1.54, 1.807) is 16.7 Å². The zero-order valence-electron chi connectivity index (χ0n) is 17.4. The SMILES string of the molecule is Cc1cccc(C)c1NC(=O)N1[C@@H](C(=O)OC(C)C)CS[C@@H]1C1CCCCC1. The molecule has 6 heteroatoms. The molecule has 2 amide bonds. The van der Waals surface area contributed by atoms with E-state index in [1.165, 1.54) is 19.3 Å². The lowest BCUT2D eigenvalue weighted by molar-refractivity contribution is -0.151. The minimum absolute atomic E-state index is 0.0364. The number of carbonyl (C=O) groups excluding carboxylic acids is 2. The Bertz CT molecular complexity index is 695. The van der Waals surface area contributed by atoms with E-state index in [2.05, 4.69) is 5.32 Å². The van der Waals surface area contributed by atoms with Gasteiger partial charge in [0.15, 0.2) is 0 Å². The summed E-state index contributed by atoms with van der Waals surface area (Å²) in [6.45, 7) is 7.67. The first kappa shape index (κ1) is 21.0. The summed E-state index contributed by atoms with van der Waals surface area (Å²) < 4.78 is 5.47. The Hall–Kier alpha value is -1.69. The Balaban J connectivity index is 1.84. The highest BCUT2D eigenvalue weighted by atomic mass is 32.2. The number of thioether (sulfide) groups is 1. The van der Waals surface area contributed by atoms with Crippen LogP contribution in [0.4, 0.5) is 10.5 Å². The Morgan fingerprint density at radius 1 is 1.14 bits per heavy atom. The number of para-hydroxylation sites is 1. The van der Waals surface area contributed by atoms with Gasteiger partial charge in [0.25, 0.3) is 0 Å². The third-order valence-corrected chi connectivity index (χ3v) is 7.12. The van der Waals surface area contributed by atoms with E-state index in [1.807, 2.05) is 45.9 Å². The van der Waals surface area contributed by atoms with Gasteiger partial charge in [0.1, 0.15) is 6.04 Å². The molecule has 5 nitrogen and oxygen atoms in total. The van der Waals surface area contributed by atoms with Gasteiger partial charge < -0.3 is 10.1 Å². The number of amides is 2. The number of esters is 1. The molecule has 1 aliphatic heterocycles. The number of nitrogens with one attached hydrogen (secondary N) is 1. The standard InChI is InChI=1S/C22H32N2O3S/c1-14(2)27-21(25)18-13-28-20(17-11-6-5-7-12-17)24(18)22(26)23-19-15(3)9-8-10-16(19)4/h8-10,14,17-18,20H,5-7,11-13H2,1-4H3,(H,23,26)/t18-,20-/m1/s1. The Morgan fingerprint density at radius 2 is 1.79 bits per heavy atom. The molecular formula is C22H32N2O3S. The summed E-state index contributed by atoms with van der Waals surface area (Å²) in [7, 11) is 0. The van der Waals surface area contributed by atoms with E-state index in [-0.39, 0.29) is 23.5 Å². The number of nitrogens with zero attached hydrogens (tertiary/aromatic N) is 1. The highest BCUT2D eigenvalue weighted by Gasteiger charge is 2.46. The molecule has 0 radical (unpaired) electrons. The first-order chi connectivity index (χ1) is 13.4. The van der Waals surface area contributed by atoms with Crippen molar-refractivity contribution in [1.82, 2.24) is 4.90 Å². The summed E-state index contributed by atoms with van der Waals surface area (Å²) in [6.07, 6.45) is 5.73. The van der Waals surface area contributed by atoms with Crippen LogP contribution in [0.25, 0.3) is 0 Å². The molecule has 0 unspecified atom stereocenters. The largest absolute Gasteiger partial charge is 0.461 e. The number of urea groups is 1. The molecule has 2 atom stereocenters. The van der Waals surface area contributed by atoms with Gasteiger partial charge in [-0.05, 0) is 57.6 Å². The van der Waals surface area contributed by atoms with E-state index >= 15 is 0 Å². The molecule has 1 saturated carbocycles. The number of benzene rings is 1. The zero-order valence-corrected chi connectivity index (χ0v) is 18.2. The highest BCUT2D eigenvalue weighted by molar-refractivity contribution is 8.00. The van der Waals surface area contributed by atoms with Crippen LogP contribution >= 0.6 is 11.8 Å². The summed E-state index contributed by atoms with van der Waals surface area (Å²) in [4.78, 5) is 27.9.